The summed E-state index contributed by atoms with van der Waals surface area (Å²) in [5.74, 6) is -0.357. The zero-order valence-electron chi connectivity index (χ0n) is 17.6. The van der Waals surface area contributed by atoms with Crippen LogP contribution in [0.1, 0.15) is 24.8 Å². The highest BCUT2D eigenvalue weighted by Gasteiger charge is 2.27. The molecule has 30 heavy (non-hydrogen) atoms. The first kappa shape index (κ1) is 22.1. The Bertz CT molecular complexity index is 925. The molecular weight excluding hydrogens is 400 g/mol. The fraction of sp³-hybridized carbons (Fsp3) is 0.409. The van der Waals surface area contributed by atoms with Crippen LogP contribution in [-0.4, -0.2) is 52.4 Å². The SMILES string of the molecule is CN(C)S(=O)(=O)N(CC(=O)NCc1ccc(N2CCCCC2)cc1)c1ccccc1. The van der Waals surface area contributed by atoms with Crippen molar-refractivity contribution >= 4 is 27.5 Å². The number of para-hydroxylation sites is 1. The third-order valence-corrected chi connectivity index (χ3v) is 7.04. The smallest absolute Gasteiger partial charge is 0.304 e. The molecule has 1 amide bonds. The molecule has 0 bridgehead atoms. The lowest BCUT2D eigenvalue weighted by atomic mass is 10.1. The summed E-state index contributed by atoms with van der Waals surface area (Å²) in [4.78, 5) is 14.9. The maximum absolute atomic E-state index is 12.7. The van der Waals surface area contributed by atoms with E-state index >= 15 is 0 Å². The molecule has 7 nitrogen and oxygen atoms in total. The third kappa shape index (κ3) is 5.52. The van der Waals surface area contributed by atoms with Gasteiger partial charge < -0.3 is 10.2 Å². The summed E-state index contributed by atoms with van der Waals surface area (Å²) in [6.07, 6.45) is 3.75. The third-order valence-electron chi connectivity index (χ3n) is 5.22. The standard InChI is InChI=1S/C22H30N4O3S/c1-24(2)30(28,29)26(21-9-5-3-6-10-21)18-22(27)23-17-19-11-13-20(14-12-19)25-15-7-4-8-16-25/h3,5-6,9-14H,4,7-8,15-18H2,1-2H3,(H,23,27). The zero-order valence-corrected chi connectivity index (χ0v) is 18.4. The minimum absolute atomic E-state index is 0.281. The van der Waals surface area contributed by atoms with Crippen LogP contribution in [0, 0.1) is 0 Å². The molecule has 0 aromatic heterocycles. The number of amides is 1. The molecule has 1 aliphatic heterocycles. The molecule has 1 aliphatic rings. The zero-order chi connectivity index (χ0) is 21.6. The van der Waals surface area contributed by atoms with E-state index in [1.165, 1.54) is 39.0 Å². The Labute approximate surface area is 179 Å². The Morgan fingerprint density at radius 3 is 2.20 bits per heavy atom. The van der Waals surface area contributed by atoms with E-state index in [4.69, 9.17) is 0 Å². The average molecular weight is 431 g/mol. The van der Waals surface area contributed by atoms with Crippen LogP contribution in [0.15, 0.2) is 54.6 Å². The Morgan fingerprint density at radius 1 is 0.967 bits per heavy atom. The molecular formula is C22H30N4O3S. The number of rotatable bonds is 8. The van der Waals surface area contributed by atoms with Crippen LogP contribution in [-0.2, 0) is 21.5 Å². The van der Waals surface area contributed by atoms with Crippen LogP contribution >= 0.6 is 0 Å². The van der Waals surface area contributed by atoms with Gasteiger partial charge in [0.1, 0.15) is 6.54 Å². The summed E-state index contributed by atoms with van der Waals surface area (Å²) < 4.78 is 27.6. The van der Waals surface area contributed by atoms with E-state index in [2.05, 4.69) is 22.3 Å². The van der Waals surface area contributed by atoms with E-state index in [-0.39, 0.29) is 12.5 Å². The number of carbonyl (C=O) groups excluding carboxylic acids is 1. The van der Waals surface area contributed by atoms with Crippen molar-refractivity contribution in [3.05, 3.63) is 60.2 Å². The van der Waals surface area contributed by atoms with Gasteiger partial charge in [-0.05, 0) is 49.1 Å². The number of anilines is 2. The molecule has 0 spiro atoms. The molecule has 0 aliphatic carbocycles. The van der Waals surface area contributed by atoms with Crippen LogP contribution < -0.4 is 14.5 Å². The topological polar surface area (TPSA) is 73.0 Å². The van der Waals surface area contributed by atoms with Gasteiger partial charge in [0.2, 0.25) is 5.91 Å². The van der Waals surface area contributed by atoms with Gasteiger partial charge in [-0.15, -0.1) is 0 Å². The highest BCUT2D eigenvalue weighted by atomic mass is 32.2. The molecule has 1 saturated heterocycles. The summed E-state index contributed by atoms with van der Waals surface area (Å²) in [5, 5.41) is 2.83. The van der Waals surface area contributed by atoms with Crippen LogP contribution in [0.2, 0.25) is 0 Å². The molecule has 2 aromatic rings. The molecule has 0 radical (unpaired) electrons. The number of nitrogens with one attached hydrogen (secondary N) is 1. The van der Waals surface area contributed by atoms with Crippen LogP contribution in [0.5, 0.6) is 0 Å². The van der Waals surface area contributed by atoms with E-state index in [1.54, 1.807) is 30.3 Å². The quantitative estimate of drug-likeness (QED) is 0.699. The van der Waals surface area contributed by atoms with Crippen molar-refractivity contribution in [3.63, 3.8) is 0 Å². The fourth-order valence-corrected chi connectivity index (χ4v) is 4.52. The van der Waals surface area contributed by atoms with E-state index < -0.39 is 10.2 Å². The first-order valence-electron chi connectivity index (χ1n) is 10.2. The van der Waals surface area contributed by atoms with E-state index in [0.29, 0.717) is 12.2 Å². The Morgan fingerprint density at radius 2 is 1.60 bits per heavy atom. The number of carbonyl (C=O) groups is 1. The molecule has 8 heteroatoms. The summed E-state index contributed by atoms with van der Waals surface area (Å²) in [6, 6.07) is 16.8. The lowest BCUT2D eigenvalue weighted by Gasteiger charge is -2.29. The van der Waals surface area contributed by atoms with Gasteiger partial charge in [0.05, 0.1) is 5.69 Å². The minimum Gasteiger partial charge on any atom is -0.372 e. The molecule has 2 aromatic carbocycles. The van der Waals surface area contributed by atoms with Crippen molar-refractivity contribution in [1.82, 2.24) is 9.62 Å². The van der Waals surface area contributed by atoms with Crippen molar-refractivity contribution in [1.29, 1.82) is 0 Å². The molecule has 1 fully saturated rings. The minimum atomic E-state index is -3.79. The highest BCUT2D eigenvalue weighted by molar-refractivity contribution is 7.90. The van der Waals surface area contributed by atoms with Gasteiger partial charge in [-0.3, -0.25) is 4.79 Å². The van der Waals surface area contributed by atoms with E-state index in [1.807, 2.05) is 12.1 Å². The van der Waals surface area contributed by atoms with Crippen molar-refractivity contribution in [3.8, 4) is 0 Å². The van der Waals surface area contributed by atoms with E-state index in [9.17, 15) is 13.2 Å². The Kier molecular flexibility index (Phi) is 7.33. The van der Waals surface area contributed by atoms with Crippen LogP contribution in [0.3, 0.4) is 0 Å². The lowest BCUT2D eigenvalue weighted by molar-refractivity contribution is -0.119. The average Bonchev–Trinajstić information content (AvgIpc) is 2.77. The summed E-state index contributed by atoms with van der Waals surface area (Å²) >= 11 is 0. The van der Waals surface area contributed by atoms with Crippen molar-refractivity contribution in [2.24, 2.45) is 0 Å². The van der Waals surface area contributed by atoms with Gasteiger partial charge in [0.15, 0.2) is 0 Å². The van der Waals surface area contributed by atoms with E-state index in [0.717, 1.165) is 27.3 Å². The fourth-order valence-electron chi connectivity index (χ4n) is 3.46. The first-order chi connectivity index (χ1) is 14.4. The van der Waals surface area contributed by atoms with Crippen LogP contribution in [0.4, 0.5) is 11.4 Å². The van der Waals surface area contributed by atoms with Gasteiger partial charge in [-0.2, -0.15) is 12.7 Å². The molecule has 0 atom stereocenters. The molecule has 3 rings (SSSR count). The number of nitrogens with zero attached hydrogens (tertiary/aromatic N) is 3. The maximum atomic E-state index is 12.7. The second-order valence-electron chi connectivity index (χ2n) is 7.62. The summed E-state index contributed by atoms with van der Waals surface area (Å²) in [7, 11) is -0.885. The largest absolute Gasteiger partial charge is 0.372 e. The number of benzene rings is 2. The van der Waals surface area contributed by atoms with Crippen molar-refractivity contribution in [2.45, 2.75) is 25.8 Å². The molecule has 162 valence electrons. The van der Waals surface area contributed by atoms with Gasteiger partial charge in [0, 0.05) is 39.4 Å². The molecule has 1 heterocycles. The monoisotopic (exact) mass is 430 g/mol. The van der Waals surface area contributed by atoms with Gasteiger partial charge in [0.25, 0.3) is 0 Å². The molecule has 1 N–H and O–H groups in total. The predicted molar refractivity (Wildman–Crippen MR) is 121 cm³/mol. The second-order valence-corrected chi connectivity index (χ2v) is 9.69. The summed E-state index contributed by atoms with van der Waals surface area (Å²) in [5.41, 5.74) is 2.63. The lowest BCUT2D eigenvalue weighted by Crippen LogP contribution is -2.45. The molecule has 0 unspecified atom stereocenters. The normalized spacial score (nSPS) is 14.6. The second kappa shape index (κ2) is 9.95. The van der Waals surface area contributed by atoms with Gasteiger partial charge in [-0.25, -0.2) is 4.31 Å². The van der Waals surface area contributed by atoms with Gasteiger partial charge in [-0.1, -0.05) is 30.3 Å². The van der Waals surface area contributed by atoms with Crippen molar-refractivity contribution in [2.75, 3.05) is 42.9 Å². The molecule has 0 saturated carbocycles. The highest BCUT2D eigenvalue weighted by Crippen LogP contribution is 2.21. The Balaban J connectivity index is 1.61. The predicted octanol–water partition coefficient (Wildman–Crippen LogP) is 2.61. The first-order valence-corrected chi connectivity index (χ1v) is 11.6. The Hall–Kier alpha value is -2.58. The summed E-state index contributed by atoms with van der Waals surface area (Å²) in [6.45, 7) is 2.25. The number of piperidine rings is 1. The number of hydrogen-bond acceptors (Lipinski definition) is 4. The number of hydrogen-bond donors (Lipinski definition) is 1. The van der Waals surface area contributed by atoms with Crippen LogP contribution in [0.25, 0.3) is 0 Å². The maximum Gasteiger partial charge on any atom is 0.304 e. The van der Waals surface area contributed by atoms with Crippen molar-refractivity contribution < 1.29 is 13.2 Å². The van der Waals surface area contributed by atoms with Gasteiger partial charge >= 0.3 is 10.2 Å².